The van der Waals surface area contributed by atoms with Crippen LogP contribution >= 0.6 is 0 Å². The molecule has 5 aromatic carbocycles. The zero-order valence-corrected chi connectivity index (χ0v) is 20.2. The van der Waals surface area contributed by atoms with E-state index in [2.05, 4.69) is 129 Å². The second-order valence-corrected chi connectivity index (χ2v) is 9.23. The van der Waals surface area contributed by atoms with Crippen LogP contribution in [-0.4, -0.2) is 4.57 Å². The summed E-state index contributed by atoms with van der Waals surface area (Å²) in [5.74, 6) is 0. The van der Waals surface area contributed by atoms with E-state index in [1.165, 1.54) is 44.2 Å². The molecule has 0 atom stereocenters. The molecule has 0 saturated carbocycles. The van der Waals surface area contributed by atoms with Crippen LogP contribution in [0, 0.1) is 13.8 Å². The lowest BCUT2D eigenvalue weighted by molar-refractivity contribution is 1.04. The average Bonchev–Trinajstić information content (AvgIpc) is 3.15. The Labute approximate surface area is 205 Å². The van der Waals surface area contributed by atoms with E-state index in [0.717, 1.165) is 27.1 Å². The second-order valence-electron chi connectivity index (χ2n) is 9.23. The highest BCUT2D eigenvalue weighted by molar-refractivity contribution is 6.05. The summed E-state index contributed by atoms with van der Waals surface area (Å²) in [6.07, 6.45) is 0. The van der Waals surface area contributed by atoms with Gasteiger partial charge in [-0.3, -0.25) is 0 Å². The summed E-state index contributed by atoms with van der Waals surface area (Å²) < 4.78 is 2.35. The van der Waals surface area contributed by atoms with Gasteiger partial charge in [0.1, 0.15) is 0 Å². The van der Waals surface area contributed by atoms with Crippen molar-refractivity contribution >= 4 is 34.8 Å². The maximum atomic E-state index is 4.50. The van der Waals surface area contributed by atoms with Gasteiger partial charge in [0.25, 0.3) is 0 Å². The Balaban J connectivity index is 1.56. The minimum Gasteiger partial charge on any atom is -0.314 e. The van der Waals surface area contributed by atoms with E-state index < -0.39 is 0 Å². The molecule has 168 valence electrons. The molecule has 1 heteroatoms. The predicted molar refractivity (Wildman–Crippen MR) is 151 cm³/mol. The maximum Gasteiger partial charge on any atom is 0.0534 e. The highest BCUT2D eigenvalue weighted by Crippen LogP contribution is 2.33. The SMILES string of the molecule is C=c1c(-c2ccccc2)c2ccccc2c(-c2ccc(-n3c(C)c(C)c4ccccc43)cc2)c1=C. The molecule has 6 aromatic rings. The van der Waals surface area contributed by atoms with Crippen LogP contribution in [0.4, 0.5) is 0 Å². The van der Waals surface area contributed by atoms with E-state index in [1.807, 2.05) is 6.07 Å². The molecule has 1 nitrogen and oxygen atoms in total. The Kier molecular flexibility index (Phi) is 4.93. The smallest absolute Gasteiger partial charge is 0.0534 e. The third-order valence-corrected chi connectivity index (χ3v) is 7.34. The Morgan fingerprint density at radius 1 is 0.514 bits per heavy atom. The van der Waals surface area contributed by atoms with Gasteiger partial charge >= 0.3 is 0 Å². The van der Waals surface area contributed by atoms with Gasteiger partial charge in [0, 0.05) is 16.8 Å². The number of benzene rings is 5. The summed E-state index contributed by atoms with van der Waals surface area (Å²) in [5.41, 5.74) is 9.66. The molecule has 0 amide bonds. The van der Waals surface area contributed by atoms with Crippen LogP contribution in [0.1, 0.15) is 11.3 Å². The first-order valence-corrected chi connectivity index (χ1v) is 12.0. The van der Waals surface area contributed by atoms with Crippen LogP contribution in [-0.2, 0) is 0 Å². The molecule has 0 bridgehead atoms. The summed E-state index contributed by atoms with van der Waals surface area (Å²) in [6.45, 7) is 13.4. The van der Waals surface area contributed by atoms with Crippen molar-refractivity contribution in [2.45, 2.75) is 13.8 Å². The molecule has 0 aliphatic carbocycles. The van der Waals surface area contributed by atoms with Crippen molar-refractivity contribution in [1.82, 2.24) is 4.57 Å². The fourth-order valence-corrected chi connectivity index (χ4v) is 5.45. The van der Waals surface area contributed by atoms with Crippen LogP contribution in [0.5, 0.6) is 0 Å². The maximum absolute atomic E-state index is 4.50. The van der Waals surface area contributed by atoms with E-state index in [9.17, 15) is 0 Å². The van der Waals surface area contributed by atoms with E-state index in [-0.39, 0.29) is 0 Å². The van der Waals surface area contributed by atoms with Gasteiger partial charge in [0.2, 0.25) is 0 Å². The molecule has 0 saturated heterocycles. The van der Waals surface area contributed by atoms with Crippen LogP contribution in [0.2, 0.25) is 0 Å². The van der Waals surface area contributed by atoms with Crippen molar-refractivity contribution < 1.29 is 0 Å². The van der Waals surface area contributed by atoms with Crippen molar-refractivity contribution in [3.8, 4) is 27.9 Å². The molecule has 0 spiro atoms. The fraction of sp³-hybridized carbons (Fsp3) is 0.0588. The largest absolute Gasteiger partial charge is 0.314 e. The van der Waals surface area contributed by atoms with Gasteiger partial charge in [-0.1, -0.05) is 98.1 Å². The van der Waals surface area contributed by atoms with Crippen LogP contribution in [0.3, 0.4) is 0 Å². The van der Waals surface area contributed by atoms with Gasteiger partial charge in [-0.25, -0.2) is 0 Å². The van der Waals surface area contributed by atoms with Crippen molar-refractivity contribution in [3.05, 3.63) is 125 Å². The number of fused-ring (bicyclic) bond motifs is 2. The van der Waals surface area contributed by atoms with Crippen molar-refractivity contribution in [3.63, 3.8) is 0 Å². The minimum absolute atomic E-state index is 0.980. The summed E-state index contributed by atoms with van der Waals surface area (Å²) in [7, 11) is 0. The standard InChI is InChI=1S/C34H27N/c1-22-23(2)34(31-16-9-8-15-30(31)33(22)26-12-6-5-7-13-26)27-18-20-28(21-19-27)35-25(4)24(3)29-14-10-11-17-32(29)35/h5-21H,1-2H2,3-4H3. The lowest BCUT2D eigenvalue weighted by atomic mass is 9.89. The van der Waals surface area contributed by atoms with E-state index in [0.29, 0.717) is 0 Å². The first-order valence-electron chi connectivity index (χ1n) is 12.0. The second kappa shape index (κ2) is 8.14. The van der Waals surface area contributed by atoms with Gasteiger partial charge < -0.3 is 4.57 Å². The third-order valence-electron chi connectivity index (χ3n) is 7.34. The molecule has 0 aliphatic rings. The molecule has 35 heavy (non-hydrogen) atoms. The number of hydrogen-bond donors (Lipinski definition) is 0. The van der Waals surface area contributed by atoms with Crippen LogP contribution in [0.25, 0.3) is 62.8 Å². The molecule has 1 heterocycles. The highest BCUT2D eigenvalue weighted by Gasteiger charge is 2.15. The number of hydrogen-bond acceptors (Lipinski definition) is 0. The summed E-state index contributed by atoms with van der Waals surface area (Å²) in [4.78, 5) is 0. The lowest BCUT2D eigenvalue weighted by Crippen LogP contribution is -2.27. The first-order chi connectivity index (χ1) is 17.1. The third kappa shape index (κ3) is 3.24. The monoisotopic (exact) mass is 449 g/mol. The van der Waals surface area contributed by atoms with Gasteiger partial charge in [0.05, 0.1) is 5.52 Å². The molecular weight excluding hydrogens is 422 g/mol. The Morgan fingerprint density at radius 2 is 1.00 bits per heavy atom. The van der Waals surface area contributed by atoms with Crippen molar-refractivity contribution in [1.29, 1.82) is 0 Å². The molecule has 0 unspecified atom stereocenters. The topological polar surface area (TPSA) is 4.93 Å². The Hall–Kier alpha value is -4.36. The zero-order chi connectivity index (χ0) is 24.1. The van der Waals surface area contributed by atoms with E-state index >= 15 is 0 Å². The molecular formula is C34H27N. The number of aromatic nitrogens is 1. The van der Waals surface area contributed by atoms with Gasteiger partial charge in [0.15, 0.2) is 0 Å². The van der Waals surface area contributed by atoms with Gasteiger partial charge in [-0.2, -0.15) is 0 Å². The summed E-state index contributed by atoms with van der Waals surface area (Å²) in [6, 6.07) is 36.6. The molecule has 0 aliphatic heterocycles. The van der Waals surface area contributed by atoms with E-state index in [4.69, 9.17) is 0 Å². The number of para-hydroxylation sites is 1. The molecule has 0 radical (unpaired) electrons. The molecule has 0 fully saturated rings. The fourth-order valence-electron chi connectivity index (χ4n) is 5.45. The Bertz CT molecular complexity index is 1820. The predicted octanol–water partition coefficient (Wildman–Crippen LogP) is 7.56. The minimum atomic E-state index is 0.980. The van der Waals surface area contributed by atoms with Crippen molar-refractivity contribution in [2.75, 3.05) is 0 Å². The van der Waals surface area contributed by atoms with E-state index in [1.54, 1.807) is 0 Å². The lowest BCUT2D eigenvalue weighted by Gasteiger charge is -2.15. The zero-order valence-electron chi connectivity index (χ0n) is 20.2. The number of nitrogens with zero attached hydrogens (tertiary/aromatic N) is 1. The molecule has 6 rings (SSSR count). The quantitative estimate of drug-likeness (QED) is 0.263. The van der Waals surface area contributed by atoms with Gasteiger partial charge in [-0.05, 0) is 81.1 Å². The van der Waals surface area contributed by atoms with Crippen LogP contribution < -0.4 is 10.4 Å². The van der Waals surface area contributed by atoms with Crippen molar-refractivity contribution in [2.24, 2.45) is 0 Å². The number of aryl methyl sites for hydroxylation is 1. The molecule has 1 aromatic heterocycles. The number of rotatable bonds is 3. The highest BCUT2D eigenvalue weighted by atomic mass is 15.0. The van der Waals surface area contributed by atoms with Gasteiger partial charge in [-0.15, -0.1) is 0 Å². The normalized spacial score (nSPS) is 11.4. The average molecular weight is 450 g/mol. The summed E-state index contributed by atoms with van der Waals surface area (Å²) in [5, 5.41) is 5.68. The Morgan fingerprint density at radius 3 is 1.60 bits per heavy atom. The molecule has 0 N–H and O–H groups in total. The first kappa shape index (κ1) is 21.2. The summed E-state index contributed by atoms with van der Waals surface area (Å²) >= 11 is 0. The van der Waals surface area contributed by atoms with Crippen LogP contribution in [0.15, 0.2) is 103 Å².